The summed E-state index contributed by atoms with van der Waals surface area (Å²) in [6.45, 7) is 0. The Labute approximate surface area is 116 Å². The molecule has 0 heterocycles. The second-order valence-corrected chi connectivity index (χ2v) is 5.18. The zero-order valence-electron chi connectivity index (χ0n) is 10.1. The van der Waals surface area contributed by atoms with Crippen LogP contribution in [0.5, 0.6) is 0 Å². The van der Waals surface area contributed by atoms with Crippen molar-refractivity contribution >= 4 is 21.7 Å². The zero-order chi connectivity index (χ0) is 12.8. The van der Waals surface area contributed by atoms with E-state index >= 15 is 0 Å². The Morgan fingerprint density at radius 2 is 1.61 bits per heavy atom. The van der Waals surface area contributed by atoms with Crippen molar-refractivity contribution in [3.63, 3.8) is 0 Å². The largest absolute Gasteiger partial charge is 0.294 e. The SMILES string of the molecule is O=C(CCCc1ccccc1)c1ccc(Br)cc1. The minimum absolute atomic E-state index is 0.221. The van der Waals surface area contributed by atoms with Crippen LogP contribution in [0.15, 0.2) is 59.1 Å². The highest BCUT2D eigenvalue weighted by Crippen LogP contribution is 2.13. The van der Waals surface area contributed by atoms with Crippen molar-refractivity contribution in [2.75, 3.05) is 0 Å². The van der Waals surface area contributed by atoms with Gasteiger partial charge in [0.1, 0.15) is 0 Å². The number of ketones is 1. The molecule has 0 aliphatic rings. The van der Waals surface area contributed by atoms with E-state index in [1.807, 2.05) is 42.5 Å². The van der Waals surface area contributed by atoms with Crippen LogP contribution in [0.1, 0.15) is 28.8 Å². The summed E-state index contributed by atoms with van der Waals surface area (Å²) in [5, 5.41) is 0. The summed E-state index contributed by atoms with van der Waals surface area (Å²) in [7, 11) is 0. The summed E-state index contributed by atoms with van der Waals surface area (Å²) < 4.78 is 1.00. The van der Waals surface area contributed by atoms with Crippen molar-refractivity contribution in [2.24, 2.45) is 0 Å². The van der Waals surface area contributed by atoms with Crippen LogP contribution in [0.2, 0.25) is 0 Å². The molecule has 0 aromatic heterocycles. The van der Waals surface area contributed by atoms with Crippen LogP contribution in [0.4, 0.5) is 0 Å². The quantitative estimate of drug-likeness (QED) is 0.735. The predicted molar refractivity (Wildman–Crippen MR) is 77.9 cm³/mol. The maximum atomic E-state index is 11.9. The zero-order valence-corrected chi connectivity index (χ0v) is 11.7. The molecule has 0 bridgehead atoms. The molecular formula is C16H15BrO. The van der Waals surface area contributed by atoms with E-state index in [0.29, 0.717) is 6.42 Å². The van der Waals surface area contributed by atoms with Gasteiger partial charge in [0.25, 0.3) is 0 Å². The minimum atomic E-state index is 0.221. The number of carbonyl (C=O) groups is 1. The molecule has 0 saturated carbocycles. The third kappa shape index (κ3) is 3.81. The van der Waals surface area contributed by atoms with E-state index in [2.05, 4.69) is 28.1 Å². The van der Waals surface area contributed by atoms with Gasteiger partial charge in [-0.05, 0) is 30.5 Å². The molecule has 0 saturated heterocycles. The number of hydrogen-bond acceptors (Lipinski definition) is 1. The number of Topliss-reactive ketones (excluding diaryl/α,β-unsaturated/α-hetero) is 1. The first-order chi connectivity index (χ1) is 8.75. The van der Waals surface area contributed by atoms with Crippen molar-refractivity contribution in [1.29, 1.82) is 0 Å². The van der Waals surface area contributed by atoms with Gasteiger partial charge < -0.3 is 0 Å². The number of benzene rings is 2. The number of hydrogen-bond donors (Lipinski definition) is 0. The van der Waals surface area contributed by atoms with Gasteiger partial charge >= 0.3 is 0 Å². The molecule has 0 amide bonds. The topological polar surface area (TPSA) is 17.1 Å². The summed E-state index contributed by atoms with van der Waals surface area (Å²) in [6.07, 6.45) is 2.47. The molecular weight excluding hydrogens is 288 g/mol. The Kier molecular flexibility index (Phi) is 4.71. The first-order valence-corrected chi connectivity index (χ1v) is 6.88. The van der Waals surface area contributed by atoms with Crippen LogP contribution in [0, 0.1) is 0 Å². The molecule has 1 nitrogen and oxygen atoms in total. The maximum Gasteiger partial charge on any atom is 0.162 e. The van der Waals surface area contributed by atoms with Gasteiger partial charge in [0.05, 0.1) is 0 Å². The standard InChI is InChI=1S/C16H15BrO/c17-15-11-9-14(10-12-15)16(18)8-4-7-13-5-2-1-3-6-13/h1-3,5-6,9-12H,4,7-8H2. The van der Waals surface area contributed by atoms with Crippen molar-refractivity contribution in [3.8, 4) is 0 Å². The van der Waals surface area contributed by atoms with Gasteiger partial charge in [0.2, 0.25) is 0 Å². The van der Waals surface area contributed by atoms with Gasteiger partial charge in [0.15, 0.2) is 5.78 Å². The number of rotatable bonds is 5. The fraction of sp³-hybridized carbons (Fsp3) is 0.188. The van der Waals surface area contributed by atoms with Crippen LogP contribution in [-0.4, -0.2) is 5.78 Å². The summed E-state index contributed by atoms with van der Waals surface area (Å²) >= 11 is 3.37. The van der Waals surface area contributed by atoms with Crippen molar-refractivity contribution in [1.82, 2.24) is 0 Å². The molecule has 92 valence electrons. The molecule has 2 heteroatoms. The molecule has 0 aliphatic carbocycles. The van der Waals surface area contributed by atoms with Gasteiger partial charge in [0, 0.05) is 16.5 Å². The van der Waals surface area contributed by atoms with E-state index < -0.39 is 0 Å². The highest BCUT2D eigenvalue weighted by molar-refractivity contribution is 9.10. The molecule has 2 aromatic rings. The normalized spacial score (nSPS) is 10.3. The molecule has 0 unspecified atom stereocenters. The average Bonchev–Trinajstić information content (AvgIpc) is 2.40. The summed E-state index contributed by atoms with van der Waals surface area (Å²) in [6, 6.07) is 17.8. The molecule has 2 rings (SSSR count). The first-order valence-electron chi connectivity index (χ1n) is 6.08. The lowest BCUT2D eigenvalue weighted by atomic mass is 10.0. The number of carbonyl (C=O) groups excluding carboxylic acids is 1. The van der Waals surface area contributed by atoms with Crippen LogP contribution in [0.25, 0.3) is 0 Å². The van der Waals surface area contributed by atoms with Crippen LogP contribution < -0.4 is 0 Å². The Morgan fingerprint density at radius 1 is 0.944 bits per heavy atom. The Morgan fingerprint density at radius 3 is 2.28 bits per heavy atom. The highest BCUT2D eigenvalue weighted by atomic mass is 79.9. The van der Waals surface area contributed by atoms with Crippen molar-refractivity contribution < 1.29 is 4.79 Å². The molecule has 2 aromatic carbocycles. The fourth-order valence-electron chi connectivity index (χ4n) is 1.88. The molecule has 0 spiro atoms. The lowest BCUT2D eigenvalue weighted by molar-refractivity contribution is 0.0980. The Hall–Kier alpha value is -1.41. The molecule has 18 heavy (non-hydrogen) atoms. The van der Waals surface area contributed by atoms with Crippen molar-refractivity contribution in [3.05, 3.63) is 70.2 Å². The van der Waals surface area contributed by atoms with Crippen LogP contribution in [-0.2, 0) is 6.42 Å². The summed E-state index contributed by atoms with van der Waals surface area (Å²) in [5.74, 6) is 0.221. The monoisotopic (exact) mass is 302 g/mol. The van der Waals surface area contributed by atoms with Gasteiger partial charge in [-0.15, -0.1) is 0 Å². The van der Waals surface area contributed by atoms with Crippen LogP contribution >= 0.6 is 15.9 Å². The average molecular weight is 303 g/mol. The van der Waals surface area contributed by atoms with Crippen LogP contribution in [0.3, 0.4) is 0 Å². The lowest BCUT2D eigenvalue weighted by Gasteiger charge is -2.02. The van der Waals surface area contributed by atoms with E-state index in [0.717, 1.165) is 22.9 Å². The number of halogens is 1. The third-order valence-corrected chi connectivity index (χ3v) is 3.41. The van der Waals surface area contributed by atoms with Gasteiger partial charge in [-0.2, -0.15) is 0 Å². The predicted octanol–water partition coefficient (Wildman–Crippen LogP) is 4.65. The minimum Gasteiger partial charge on any atom is -0.294 e. The Bertz CT molecular complexity index is 502. The van der Waals surface area contributed by atoms with E-state index in [-0.39, 0.29) is 5.78 Å². The Balaban J connectivity index is 1.84. The molecule has 0 atom stereocenters. The molecule has 0 radical (unpaired) electrons. The van der Waals surface area contributed by atoms with Crippen molar-refractivity contribution in [2.45, 2.75) is 19.3 Å². The molecule has 0 fully saturated rings. The van der Waals surface area contributed by atoms with E-state index in [4.69, 9.17) is 0 Å². The van der Waals surface area contributed by atoms with E-state index in [9.17, 15) is 4.79 Å². The van der Waals surface area contributed by atoms with E-state index in [1.54, 1.807) is 0 Å². The smallest absolute Gasteiger partial charge is 0.162 e. The molecule has 0 aliphatic heterocycles. The third-order valence-electron chi connectivity index (χ3n) is 2.88. The summed E-state index contributed by atoms with van der Waals surface area (Å²) in [5.41, 5.74) is 2.09. The first kappa shape index (κ1) is 13.0. The second kappa shape index (κ2) is 6.50. The second-order valence-electron chi connectivity index (χ2n) is 4.27. The van der Waals surface area contributed by atoms with Gasteiger partial charge in [-0.3, -0.25) is 4.79 Å². The molecule has 0 N–H and O–H groups in total. The lowest BCUT2D eigenvalue weighted by Crippen LogP contribution is -1.99. The van der Waals surface area contributed by atoms with Gasteiger partial charge in [-0.25, -0.2) is 0 Å². The fourth-order valence-corrected chi connectivity index (χ4v) is 2.14. The summed E-state index contributed by atoms with van der Waals surface area (Å²) in [4.78, 5) is 11.9. The van der Waals surface area contributed by atoms with E-state index in [1.165, 1.54) is 5.56 Å². The van der Waals surface area contributed by atoms with Gasteiger partial charge in [-0.1, -0.05) is 58.4 Å². The highest BCUT2D eigenvalue weighted by Gasteiger charge is 2.05. The number of aryl methyl sites for hydroxylation is 1. The maximum absolute atomic E-state index is 11.9.